The second-order valence-corrected chi connectivity index (χ2v) is 8.93. The van der Waals surface area contributed by atoms with Crippen molar-refractivity contribution in [2.24, 2.45) is 0 Å². The molecule has 2 saturated heterocycles. The second-order valence-electron chi connectivity index (χ2n) is 8.93. The van der Waals surface area contributed by atoms with Crippen molar-refractivity contribution in [3.63, 3.8) is 0 Å². The average Bonchev–Trinajstić information content (AvgIpc) is 3.24. The maximum absolute atomic E-state index is 12.6. The van der Waals surface area contributed by atoms with E-state index in [0.29, 0.717) is 24.0 Å². The average molecular weight is 411 g/mol. The fraction of sp³-hybridized carbons (Fsp3) is 0.583. The lowest BCUT2D eigenvalue weighted by Gasteiger charge is -2.34. The number of likely N-dealkylation sites (tertiary alicyclic amines) is 1. The number of piperidine rings is 1. The Kier molecular flexibility index (Phi) is 6.85. The van der Waals surface area contributed by atoms with E-state index in [2.05, 4.69) is 52.9 Å². The molecule has 162 valence electrons. The van der Waals surface area contributed by atoms with Gasteiger partial charge in [-0.05, 0) is 36.3 Å². The van der Waals surface area contributed by atoms with Gasteiger partial charge in [-0.1, -0.05) is 38.1 Å². The quantitative estimate of drug-likeness (QED) is 0.726. The van der Waals surface area contributed by atoms with Gasteiger partial charge in [0.2, 0.25) is 5.89 Å². The molecule has 1 aromatic carbocycles. The molecule has 0 bridgehead atoms. The fourth-order valence-corrected chi connectivity index (χ4v) is 4.30. The number of carbonyl (C=O) groups is 1. The first-order valence-electron chi connectivity index (χ1n) is 11.4. The van der Waals surface area contributed by atoms with Crippen molar-refractivity contribution >= 4 is 5.91 Å². The molecule has 6 heteroatoms. The first-order valence-corrected chi connectivity index (χ1v) is 11.4. The molecule has 6 nitrogen and oxygen atoms in total. The third kappa shape index (κ3) is 5.29. The Bertz CT molecular complexity index is 816. The van der Waals surface area contributed by atoms with Gasteiger partial charge in [0.05, 0.1) is 6.54 Å². The minimum absolute atomic E-state index is 0.0120. The van der Waals surface area contributed by atoms with Crippen molar-refractivity contribution in [3.8, 4) is 0 Å². The summed E-state index contributed by atoms with van der Waals surface area (Å²) in [4.78, 5) is 23.8. The number of oxazole rings is 1. The highest BCUT2D eigenvalue weighted by molar-refractivity contribution is 5.92. The molecule has 2 aromatic rings. The highest BCUT2D eigenvalue weighted by Gasteiger charge is 2.23. The summed E-state index contributed by atoms with van der Waals surface area (Å²) in [6, 6.07) is 9.02. The van der Waals surface area contributed by atoms with E-state index >= 15 is 0 Å². The number of amides is 1. The molecular weight excluding hydrogens is 376 g/mol. The first kappa shape index (κ1) is 21.1. The number of benzene rings is 1. The predicted octanol–water partition coefficient (Wildman–Crippen LogP) is 3.74. The smallest absolute Gasteiger partial charge is 0.275 e. The lowest BCUT2D eigenvalue weighted by molar-refractivity contribution is 0.0718. The zero-order valence-corrected chi connectivity index (χ0v) is 18.3. The van der Waals surface area contributed by atoms with Crippen molar-refractivity contribution in [2.75, 3.05) is 39.3 Å². The lowest BCUT2D eigenvalue weighted by Crippen LogP contribution is -2.45. The molecule has 0 aliphatic carbocycles. The van der Waals surface area contributed by atoms with Crippen LogP contribution in [0, 0.1) is 0 Å². The van der Waals surface area contributed by atoms with Crippen LogP contribution in [0.2, 0.25) is 0 Å². The number of aromatic nitrogens is 1. The third-order valence-electron chi connectivity index (χ3n) is 6.29. The summed E-state index contributed by atoms with van der Waals surface area (Å²) in [5.74, 6) is 1.24. The van der Waals surface area contributed by atoms with Crippen LogP contribution in [0.15, 0.2) is 34.9 Å². The minimum atomic E-state index is 0.0120. The molecule has 1 aromatic heterocycles. The van der Waals surface area contributed by atoms with E-state index in [-0.39, 0.29) is 5.91 Å². The topological polar surface area (TPSA) is 52.8 Å². The van der Waals surface area contributed by atoms with Crippen LogP contribution in [0.4, 0.5) is 0 Å². The van der Waals surface area contributed by atoms with Crippen molar-refractivity contribution < 1.29 is 9.21 Å². The first-order chi connectivity index (χ1) is 14.6. The number of carbonyl (C=O) groups excluding carboxylic acids is 1. The van der Waals surface area contributed by atoms with E-state index in [1.807, 2.05) is 4.90 Å². The van der Waals surface area contributed by atoms with E-state index < -0.39 is 0 Å². The Balaban J connectivity index is 1.24. The normalized spacial score (nSPS) is 18.8. The monoisotopic (exact) mass is 410 g/mol. The molecule has 30 heavy (non-hydrogen) atoms. The Morgan fingerprint density at radius 3 is 2.20 bits per heavy atom. The molecule has 0 N–H and O–H groups in total. The standard InChI is InChI=1S/C24H34N4O2/c1-19(2)21-8-6-20(7-9-21)16-26-12-14-27(15-13-26)17-23-25-22(18-30-23)24(29)28-10-4-3-5-11-28/h6-9,18-19H,3-5,10-17H2,1-2H3. The van der Waals surface area contributed by atoms with Gasteiger partial charge in [0.25, 0.3) is 5.91 Å². The van der Waals surface area contributed by atoms with E-state index in [1.165, 1.54) is 23.8 Å². The minimum Gasteiger partial charge on any atom is -0.447 e. The van der Waals surface area contributed by atoms with Crippen LogP contribution in [0.5, 0.6) is 0 Å². The fourth-order valence-electron chi connectivity index (χ4n) is 4.30. The molecule has 0 saturated carbocycles. The van der Waals surface area contributed by atoms with Crippen LogP contribution < -0.4 is 0 Å². The Hall–Kier alpha value is -2.18. The van der Waals surface area contributed by atoms with Gasteiger partial charge in [-0.3, -0.25) is 14.6 Å². The maximum atomic E-state index is 12.6. The molecule has 0 spiro atoms. The zero-order chi connectivity index (χ0) is 20.9. The second kappa shape index (κ2) is 9.75. The van der Waals surface area contributed by atoms with Gasteiger partial charge in [0, 0.05) is 45.8 Å². The molecule has 4 rings (SSSR count). The van der Waals surface area contributed by atoms with Crippen LogP contribution in [0.3, 0.4) is 0 Å². The zero-order valence-electron chi connectivity index (χ0n) is 18.3. The van der Waals surface area contributed by atoms with Gasteiger partial charge < -0.3 is 9.32 Å². The lowest BCUT2D eigenvalue weighted by atomic mass is 10.0. The SMILES string of the molecule is CC(C)c1ccc(CN2CCN(Cc3nc(C(=O)N4CCCCC4)co3)CC2)cc1. The van der Waals surface area contributed by atoms with Crippen LogP contribution in [0.25, 0.3) is 0 Å². The molecule has 3 heterocycles. The van der Waals surface area contributed by atoms with Crippen LogP contribution in [-0.2, 0) is 13.1 Å². The largest absolute Gasteiger partial charge is 0.447 e. The summed E-state index contributed by atoms with van der Waals surface area (Å²) in [5.41, 5.74) is 3.23. The Morgan fingerprint density at radius 2 is 1.57 bits per heavy atom. The number of nitrogens with zero attached hydrogens (tertiary/aromatic N) is 4. The number of hydrogen-bond donors (Lipinski definition) is 0. The molecule has 2 aliphatic heterocycles. The summed E-state index contributed by atoms with van der Waals surface area (Å²) in [5, 5.41) is 0. The predicted molar refractivity (Wildman–Crippen MR) is 117 cm³/mol. The molecule has 2 aliphatic rings. The van der Waals surface area contributed by atoms with Crippen molar-refractivity contribution in [2.45, 2.75) is 52.1 Å². The number of rotatable bonds is 6. The molecule has 0 unspecified atom stereocenters. The van der Waals surface area contributed by atoms with Gasteiger partial charge >= 0.3 is 0 Å². The molecule has 1 amide bonds. The van der Waals surface area contributed by atoms with Crippen LogP contribution >= 0.6 is 0 Å². The van der Waals surface area contributed by atoms with E-state index in [0.717, 1.165) is 58.7 Å². The molecule has 0 radical (unpaired) electrons. The van der Waals surface area contributed by atoms with E-state index in [4.69, 9.17) is 4.42 Å². The number of hydrogen-bond acceptors (Lipinski definition) is 5. The van der Waals surface area contributed by atoms with Gasteiger partial charge in [-0.2, -0.15) is 0 Å². The van der Waals surface area contributed by atoms with Crippen LogP contribution in [0.1, 0.15) is 66.5 Å². The summed E-state index contributed by atoms with van der Waals surface area (Å²) in [6.45, 7) is 11.8. The third-order valence-corrected chi connectivity index (χ3v) is 6.29. The Morgan fingerprint density at radius 1 is 0.933 bits per heavy atom. The summed E-state index contributed by atoms with van der Waals surface area (Å²) in [7, 11) is 0. The van der Waals surface area contributed by atoms with Crippen molar-refractivity contribution in [1.29, 1.82) is 0 Å². The maximum Gasteiger partial charge on any atom is 0.275 e. The van der Waals surface area contributed by atoms with E-state index in [9.17, 15) is 4.79 Å². The van der Waals surface area contributed by atoms with Crippen LogP contribution in [-0.4, -0.2) is 64.9 Å². The van der Waals surface area contributed by atoms with Crippen molar-refractivity contribution in [1.82, 2.24) is 19.7 Å². The summed E-state index contributed by atoms with van der Waals surface area (Å²) in [6.07, 6.45) is 4.91. The highest BCUT2D eigenvalue weighted by Crippen LogP contribution is 2.17. The summed E-state index contributed by atoms with van der Waals surface area (Å²) >= 11 is 0. The molecule has 2 fully saturated rings. The van der Waals surface area contributed by atoms with E-state index in [1.54, 1.807) is 0 Å². The highest BCUT2D eigenvalue weighted by atomic mass is 16.3. The molecule has 0 atom stereocenters. The van der Waals surface area contributed by atoms with Gasteiger partial charge in [0.1, 0.15) is 6.26 Å². The van der Waals surface area contributed by atoms with Crippen molar-refractivity contribution in [3.05, 3.63) is 53.2 Å². The summed E-state index contributed by atoms with van der Waals surface area (Å²) < 4.78 is 5.62. The van der Waals surface area contributed by atoms with Gasteiger partial charge in [0.15, 0.2) is 5.69 Å². The van der Waals surface area contributed by atoms with Gasteiger partial charge in [-0.15, -0.1) is 0 Å². The number of piperazine rings is 1. The van der Waals surface area contributed by atoms with Gasteiger partial charge in [-0.25, -0.2) is 4.98 Å². The Labute approximate surface area is 179 Å². The molecular formula is C24H34N4O2.